The van der Waals surface area contributed by atoms with E-state index in [2.05, 4.69) is 50.2 Å². The maximum atomic E-state index is 11.7. The number of benzene rings is 2. The molecule has 0 aromatic heterocycles. The van der Waals surface area contributed by atoms with E-state index in [-0.39, 0.29) is 12.1 Å². The van der Waals surface area contributed by atoms with Crippen molar-refractivity contribution in [1.29, 1.82) is 0 Å². The van der Waals surface area contributed by atoms with Crippen LogP contribution in [0.25, 0.3) is 11.1 Å². The number of rotatable bonds is 15. The molecule has 3 nitrogen and oxygen atoms in total. The highest BCUT2D eigenvalue weighted by molar-refractivity contribution is 5.69. The first-order chi connectivity index (χ1) is 15.1. The van der Waals surface area contributed by atoms with E-state index in [1.165, 1.54) is 61.6 Å². The van der Waals surface area contributed by atoms with E-state index in [1.807, 2.05) is 19.1 Å². The summed E-state index contributed by atoms with van der Waals surface area (Å²) < 4.78 is 11.2. The molecular weight excluding hydrogens is 384 g/mol. The number of hydrogen-bond acceptors (Lipinski definition) is 3. The van der Waals surface area contributed by atoms with Gasteiger partial charge in [-0.2, -0.15) is 0 Å². The van der Waals surface area contributed by atoms with Crippen molar-refractivity contribution < 1.29 is 14.3 Å². The number of hydrogen-bond donors (Lipinski definition) is 0. The Kier molecular flexibility index (Phi) is 11.8. The molecule has 3 heteroatoms. The van der Waals surface area contributed by atoms with Crippen molar-refractivity contribution in [3.63, 3.8) is 0 Å². The maximum absolute atomic E-state index is 11.7. The molecule has 0 saturated carbocycles. The lowest BCUT2D eigenvalue weighted by Gasteiger charge is -2.14. The summed E-state index contributed by atoms with van der Waals surface area (Å²) in [6.07, 6.45) is 11.3. The second-order valence-electron chi connectivity index (χ2n) is 8.45. The Morgan fingerprint density at radius 3 is 2.00 bits per heavy atom. The van der Waals surface area contributed by atoms with Crippen LogP contribution in [0.4, 0.5) is 0 Å². The Morgan fingerprint density at radius 2 is 1.35 bits per heavy atom. The molecule has 0 radical (unpaired) electrons. The third-order valence-electron chi connectivity index (χ3n) is 5.51. The van der Waals surface area contributed by atoms with Gasteiger partial charge in [0.15, 0.2) is 0 Å². The highest BCUT2D eigenvalue weighted by atomic mass is 16.6. The van der Waals surface area contributed by atoms with Gasteiger partial charge in [0.1, 0.15) is 18.5 Å². The zero-order valence-electron chi connectivity index (χ0n) is 19.7. The summed E-state index contributed by atoms with van der Waals surface area (Å²) in [5, 5.41) is 0. The van der Waals surface area contributed by atoms with Crippen molar-refractivity contribution in [3.8, 4) is 16.9 Å². The maximum Gasteiger partial charge on any atom is 0.306 e. The lowest BCUT2D eigenvalue weighted by Crippen LogP contribution is -2.21. The highest BCUT2D eigenvalue weighted by Crippen LogP contribution is 2.23. The van der Waals surface area contributed by atoms with E-state index in [4.69, 9.17) is 9.47 Å². The molecule has 0 amide bonds. The van der Waals surface area contributed by atoms with Gasteiger partial charge in [0.25, 0.3) is 0 Å². The predicted octanol–water partition coefficient (Wildman–Crippen LogP) is 7.76. The molecular formula is C28H40O3. The van der Waals surface area contributed by atoms with Crippen LogP contribution in [0.5, 0.6) is 5.75 Å². The molecule has 0 aliphatic heterocycles. The molecule has 0 spiro atoms. The Morgan fingerprint density at radius 1 is 0.774 bits per heavy atom. The SMILES string of the molecule is CCCCCCCCc1ccc(-c2ccc(OCC(C)OC(=O)CCCC)cc2)cc1. The van der Waals surface area contributed by atoms with Crippen LogP contribution in [0.15, 0.2) is 48.5 Å². The third-order valence-corrected chi connectivity index (χ3v) is 5.51. The van der Waals surface area contributed by atoms with Crippen LogP contribution in [0, 0.1) is 0 Å². The molecule has 1 unspecified atom stereocenters. The van der Waals surface area contributed by atoms with Gasteiger partial charge in [-0.3, -0.25) is 4.79 Å². The molecule has 0 bridgehead atoms. The summed E-state index contributed by atoms with van der Waals surface area (Å²) in [5.41, 5.74) is 3.82. The van der Waals surface area contributed by atoms with E-state index in [0.29, 0.717) is 13.0 Å². The van der Waals surface area contributed by atoms with Gasteiger partial charge in [0, 0.05) is 6.42 Å². The van der Waals surface area contributed by atoms with Crippen molar-refractivity contribution in [2.45, 2.75) is 91.1 Å². The summed E-state index contributed by atoms with van der Waals surface area (Å²) in [5.74, 6) is 0.646. The van der Waals surface area contributed by atoms with Gasteiger partial charge in [0.05, 0.1) is 0 Å². The predicted molar refractivity (Wildman–Crippen MR) is 130 cm³/mol. The van der Waals surface area contributed by atoms with Crippen molar-refractivity contribution in [3.05, 3.63) is 54.1 Å². The molecule has 0 heterocycles. The Hall–Kier alpha value is -2.29. The number of esters is 1. The first-order valence-corrected chi connectivity index (χ1v) is 12.1. The highest BCUT2D eigenvalue weighted by Gasteiger charge is 2.10. The van der Waals surface area contributed by atoms with E-state index in [9.17, 15) is 4.79 Å². The summed E-state index contributed by atoms with van der Waals surface area (Å²) >= 11 is 0. The summed E-state index contributed by atoms with van der Waals surface area (Å²) in [7, 11) is 0. The molecule has 31 heavy (non-hydrogen) atoms. The second kappa shape index (κ2) is 14.7. The van der Waals surface area contributed by atoms with Gasteiger partial charge in [-0.1, -0.05) is 88.8 Å². The molecule has 0 saturated heterocycles. The van der Waals surface area contributed by atoms with Crippen LogP contribution in [0.2, 0.25) is 0 Å². The minimum atomic E-state index is -0.247. The van der Waals surface area contributed by atoms with Crippen LogP contribution in [0.1, 0.15) is 84.1 Å². The first-order valence-electron chi connectivity index (χ1n) is 12.1. The number of aryl methyl sites for hydroxylation is 1. The standard InChI is InChI=1S/C28H40O3/c1-4-6-8-9-10-11-12-24-14-16-25(17-15-24)26-18-20-27(21-19-26)30-22-23(3)31-28(29)13-7-5-2/h14-21,23H,4-13,22H2,1-3H3. The molecule has 2 aromatic carbocycles. The van der Waals surface area contributed by atoms with Crippen molar-refractivity contribution in [2.75, 3.05) is 6.61 Å². The fourth-order valence-electron chi connectivity index (χ4n) is 3.57. The quantitative estimate of drug-likeness (QED) is 0.216. The molecule has 2 aromatic rings. The molecule has 0 N–H and O–H groups in total. The second-order valence-corrected chi connectivity index (χ2v) is 8.45. The average molecular weight is 425 g/mol. The molecule has 1 atom stereocenters. The minimum Gasteiger partial charge on any atom is -0.490 e. The third kappa shape index (κ3) is 10.0. The Bertz CT molecular complexity index is 734. The number of carbonyl (C=O) groups excluding carboxylic acids is 1. The van der Waals surface area contributed by atoms with Crippen LogP contribution in [0.3, 0.4) is 0 Å². The fraction of sp³-hybridized carbons (Fsp3) is 0.536. The molecule has 2 rings (SSSR count). The number of carbonyl (C=O) groups is 1. The van der Waals surface area contributed by atoms with Crippen molar-refractivity contribution in [1.82, 2.24) is 0 Å². The van der Waals surface area contributed by atoms with E-state index >= 15 is 0 Å². The van der Waals surface area contributed by atoms with E-state index < -0.39 is 0 Å². The smallest absolute Gasteiger partial charge is 0.306 e. The lowest BCUT2D eigenvalue weighted by atomic mass is 10.0. The zero-order valence-corrected chi connectivity index (χ0v) is 19.7. The molecule has 0 aliphatic rings. The lowest BCUT2D eigenvalue weighted by molar-refractivity contribution is -0.149. The molecule has 0 aliphatic carbocycles. The van der Waals surface area contributed by atoms with Gasteiger partial charge < -0.3 is 9.47 Å². The zero-order chi connectivity index (χ0) is 22.3. The van der Waals surface area contributed by atoms with Gasteiger partial charge >= 0.3 is 5.97 Å². The van der Waals surface area contributed by atoms with E-state index in [1.54, 1.807) is 0 Å². The van der Waals surface area contributed by atoms with Crippen LogP contribution in [-0.4, -0.2) is 18.7 Å². The van der Waals surface area contributed by atoms with Gasteiger partial charge in [-0.05, 0) is 55.0 Å². The minimum absolute atomic E-state index is 0.145. The monoisotopic (exact) mass is 424 g/mol. The number of unbranched alkanes of at least 4 members (excludes halogenated alkanes) is 6. The van der Waals surface area contributed by atoms with Crippen molar-refractivity contribution in [2.24, 2.45) is 0 Å². The number of ether oxygens (including phenoxy) is 2. The Balaban J connectivity index is 1.75. The van der Waals surface area contributed by atoms with E-state index in [0.717, 1.165) is 18.6 Å². The molecule has 170 valence electrons. The largest absolute Gasteiger partial charge is 0.490 e. The summed E-state index contributed by atoms with van der Waals surface area (Å²) in [6, 6.07) is 17.0. The topological polar surface area (TPSA) is 35.5 Å². The van der Waals surface area contributed by atoms with Gasteiger partial charge in [-0.15, -0.1) is 0 Å². The average Bonchev–Trinajstić information content (AvgIpc) is 2.79. The molecule has 0 fully saturated rings. The van der Waals surface area contributed by atoms with Crippen LogP contribution >= 0.6 is 0 Å². The van der Waals surface area contributed by atoms with Gasteiger partial charge in [-0.25, -0.2) is 0 Å². The fourth-order valence-corrected chi connectivity index (χ4v) is 3.57. The van der Waals surface area contributed by atoms with Crippen LogP contribution in [-0.2, 0) is 16.0 Å². The first kappa shape index (κ1) is 25.0. The normalized spacial score (nSPS) is 11.8. The van der Waals surface area contributed by atoms with Gasteiger partial charge in [0.2, 0.25) is 0 Å². The summed E-state index contributed by atoms with van der Waals surface area (Å²) in [4.78, 5) is 11.7. The van der Waals surface area contributed by atoms with Crippen LogP contribution < -0.4 is 4.74 Å². The van der Waals surface area contributed by atoms with Crippen molar-refractivity contribution >= 4 is 5.97 Å². The Labute approximate surface area is 189 Å². The summed E-state index contributed by atoms with van der Waals surface area (Å²) in [6.45, 7) is 6.56.